The van der Waals surface area contributed by atoms with Crippen LogP contribution in [0.4, 0.5) is 0 Å². The van der Waals surface area contributed by atoms with Crippen molar-refractivity contribution in [3.63, 3.8) is 0 Å². The van der Waals surface area contributed by atoms with Gasteiger partial charge in [-0.25, -0.2) is 0 Å². The molecule has 13 heavy (non-hydrogen) atoms. The van der Waals surface area contributed by atoms with E-state index < -0.39 is 11.3 Å². The average Bonchev–Trinajstić information content (AvgIpc) is 2.13. The monoisotopic (exact) mass is 221 g/mol. The van der Waals surface area contributed by atoms with Crippen molar-refractivity contribution < 1.29 is 9.59 Å². The van der Waals surface area contributed by atoms with Crippen LogP contribution >= 0.6 is 23.2 Å². The molecule has 1 atom stereocenters. The summed E-state index contributed by atoms with van der Waals surface area (Å²) < 4.78 is 0. The zero-order valence-electron chi connectivity index (χ0n) is 7.30. The highest BCUT2D eigenvalue weighted by molar-refractivity contribution is 6.46. The number of amides is 2. The van der Waals surface area contributed by atoms with Crippen LogP contribution in [0.15, 0.2) is 10.6 Å². The first-order chi connectivity index (χ1) is 6.00. The average molecular weight is 222 g/mol. The van der Waals surface area contributed by atoms with E-state index in [-0.39, 0.29) is 10.9 Å². The summed E-state index contributed by atoms with van der Waals surface area (Å²) in [6, 6.07) is 0. The van der Waals surface area contributed by atoms with Crippen LogP contribution in [-0.2, 0) is 9.59 Å². The topological polar surface area (TPSA) is 37.4 Å². The number of hydrogen-bond acceptors (Lipinski definition) is 2. The summed E-state index contributed by atoms with van der Waals surface area (Å²) in [6.07, 6.45) is 0.485. The minimum atomic E-state index is -0.903. The number of carbonyl (C=O) groups excluding carboxylic acids is 2. The minimum Gasteiger partial charge on any atom is -0.280 e. The number of rotatable bonds is 1. The van der Waals surface area contributed by atoms with E-state index in [9.17, 15) is 9.59 Å². The fourth-order valence-corrected chi connectivity index (χ4v) is 1.74. The Hall–Kier alpha value is -0.540. The molecule has 1 heterocycles. The van der Waals surface area contributed by atoms with Crippen LogP contribution in [0.2, 0.25) is 0 Å². The first kappa shape index (κ1) is 10.5. The number of likely N-dealkylation sites (N-methyl/N-ethyl adjacent to an activating group) is 1. The van der Waals surface area contributed by atoms with Gasteiger partial charge in [-0.1, -0.05) is 18.5 Å². The fraction of sp³-hybridized carbons (Fsp3) is 0.500. The van der Waals surface area contributed by atoms with E-state index in [1.165, 1.54) is 7.05 Å². The lowest BCUT2D eigenvalue weighted by Crippen LogP contribution is -2.44. The summed E-state index contributed by atoms with van der Waals surface area (Å²) in [7, 11) is 1.40. The van der Waals surface area contributed by atoms with Gasteiger partial charge in [-0.15, -0.1) is 11.6 Å². The number of hydrogen-bond donors (Lipinski definition) is 0. The van der Waals surface area contributed by atoms with Crippen LogP contribution in [0, 0.1) is 0 Å². The highest BCUT2D eigenvalue weighted by Gasteiger charge is 2.35. The Morgan fingerprint density at radius 1 is 1.46 bits per heavy atom. The molecule has 0 fully saturated rings. The highest BCUT2D eigenvalue weighted by atomic mass is 35.5. The van der Waals surface area contributed by atoms with E-state index in [4.69, 9.17) is 23.2 Å². The van der Waals surface area contributed by atoms with Gasteiger partial charge in [0.15, 0.2) is 0 Å². The molecule has 5 heteroatoms. The largest absolute Gasteiger partial charge is 0.280 e. The zero-order valence-corrected chi connectivity index (χ0v) is 8.82. The Bertz CT molecular complexity index is 299. The first-order valence-electron chi connectivity index (χ1n) is 3.85. The van der Waals surface area contributed by atoms with Gasteiger partial charge < -0.3 is 0 Å². The second-order valence-corrected chi connectivity index (χ2v) is 3.59. The van der Waals surface area contributed by atoms with Gasteiger partial charge in [0.2, 0.25) is 0 Å². The molecule has 0 aliphatic carbocycles. The van der Waals surface area contributed by atoms with E-state index in [0.29, 0.717) is 12.0 Å². The van der Waals surface area contributed by atoms with Gasteiger partial charge in [0, 0.05) is 12.6 Å². The Labute approximate surface area is 86.3 Å². The quantitative estimate of drug-likeness (QED) is 0.498. The van der Waals surface area contributed by atoms with Crippen molar-refractivity contribution in [1.29, 1.82) is 0 Å². The Balaban J connectivity index is 3.18. The van der Waals surface area contributed by atoms with Gasteiger partial charge in [-0.2, -0.15) is 0 Å². The Morgan fingerprint density at radius 3 is 2.46 bits per heavy atom. The third-order valence-electron chi connectivity index (χ3n) is 1.97. The summed E-state index contributed by atoms with van der Waals surface area (Å²) in [6.45, 7) is 1.79. The normalized spacial score (nSPS) is 24.3. The third kappa shape index (κ3) is 1.58. The predicted molar refractivity (Wildman–Crippen MR) is 50.6 cm³/mol. The van der Waals surface area contributed by atoms with Crippen molar-refractivity contribution in [1.82, 2.24) is 4.90 Å². The number of carbonyl (C=O) groups is 2. The summed E-state index contributed by atoms with van der Waals surface area (Å²) >= 11 is 11.5. The van der Waals surface area contributed by atoms with Gasteiger partial charge in [0.1, 0.15) is 5.38 Å². The molecule has 72 valence electrons. The zero-order chi connectivity index (χ0) is 10.2. The lowest BCUT2D eigenvalue weighted by atomic mass is 10.1. The number of imide groups is 1. The lowest BCUT2D eigenvalue weighted by Gasteiger charge is -2.25. The molecule has 3 nitrogen and oxygen atoms in total. The molecule has 2 amide bonds. The summed E-state index contributed by atoms with van der Waals surface area (Å²) in [5.74, 6) is -0.816. The number of halogens is 2. The molecule has 0 N–H and O–H groups in total. The van der Waals surface area contributed by atoms with E-state index in [0.717, 1.165) is 4.90 Å². The molecule has 0 saturated carbocycles. The van der Waals surface area contributed by atoms with Crippen molar-refractivity contribution in [2.24, 2.45) is 0 Å². The molecule has 1 rings (SSSR count). The molecule has 0 aromatic carbocycles. The molecule has 1 aliphatic rings. The van der Waals surface area contributed by atoms with Gasteiger partial charge in [0.05, 0.1) is 5.03 Å². The standard InChI is InChI=1S/C8H9Cl2NO2/c1-3-4-5(9)6(10)8(13)11(2)7(4)12/h6H,3H2,1-2H3. The molecule has 0 aromatic rings. The third-order valence-corrected chi connectivity index (χ3v) is 2.94. The Morgan fingerprint density at radius 2 is 2.00 bits per heavy atom. The van der Waals surface area contributed by atoms with E-state index >= 15 is 0 Å². The van der Waals surface area contributed by atoms with Crippen molar-refractivity contribution in [3.8, 4) is 0 Å². The number of nitrogens with zero attached hydrogens (tertiary/aromatic N) is 1. The van der Waals surface area contributed by atoms with Crippen LogP contribution in [-0.4, -0.2) is 29.1 Å². The fourth-order valence-electron chi connectivity index (χ4n) is 1.16. The molecule has 0 spiro atoms. The van der Waals surface area contributed by atoms with Crippen molar-refractivity contribution >= 4 is 35.0 Å². The van der Waals surface area contributed by atoms with Crippen LogP contribution in [0.5, 0.6) is 0 Å². The van der Waals surface area contributed by atoms with Gasteiger partial charge in [-0.05, 0) is 6.42 Å². The van der Waals surface area contributed by atoms with Gasteiger partial charge in [0.25, 0.3) is 11.8 Å². The van der Waals surface area contributed by atoms with Crippen LogP contribution in [0.1, 0.15) is 13.3 Å². The second-order valence-electron chi connectivity index (χ2n) is 2.75. The van der Waals surface area contributed by atoms with Crippen molar-refractivity contribution in [2.45, 2.75) is 18.7 Å². The maximum absolute atomic E-state index is 11.4. The molecule has 0 saturated heterocycles. The Kier molecular flexibility index (Phi) is 2.98. The van der Waals surface area contributed by atoms with E-state index in [1.54, 1.807) is 6.92 Å². The van der Waals surface area contributed by atoms with Crippen molar-refractivity contribution in [2.75, 3.05) is 7.05 Å². The first-order valence-corrected chi connectivity index (χ1v) is 4.66. The smallest absolute Gasteiger partial charge is 0.257 e. The molecular weight excluding hydrogens is 213 g/mol. The maximum atomic E-state index is 11.4. The molecule has 0 aromatic heterocycles. The van der Waals surface area contributed by atoms with Gasteiger partial charge in [-0.3, -0.25) is 14.5 Å². The van der Waals surface area contributed by atoms with Gasteiger partial charge >= 0.3 is 0 Å². The molecule has 0 radical (unpaired) electrons. The SMILES string of the molecule is CCC1=C(Cl)C(Cl)C(=O)N(C)C1=O. The maximum Gasteiger partial charge on any atom is 0.257 e. The molecule has 0 bridgehead atoms. The van der Waals surface area contributed by atoms with Crippen LogP contribution in [0.25, 0.3) is 0 Å². The minimum absolute atomic E-state index is 0.164. The summed E-state index contributed by atoms with van der Waals surface area (Å²) in [4.78, 5) is 23.7. The predicted octanol–water partition coefficient (Wildman–Crippen LogP) is 1.50. The molecular formula is C8H9Cl2NO2. The lowest BCUT2D eigenvalue weighted by molar-refractivity contribution is -0.141. The highest BCUT2D eigenvalue weighted by Crippen LogP contribution is 2.28. The van der Waals surface area contributed by atoms with Crippen LogP contribution < -0.4 is 0 Å². The molecule has 1 aliphatic heterocycles. The number of alkyl halides is 1. The van der Waals surface area contributed by atoms with E-state index in [2.05, 4.69) is 0 Å². The summed E-state index contributed by atoms with van der Waals surface area (Å²) in [5.41, 5.74) is 0.420. The molecule has 1 unspecified atom stereocenters. The summed E-state index contributed by atoms with van der Waals surface area (Å²) in [5, 5.41) is -0.739. The van der Waals surface area contributed by atoms with Crippen molar-refractivity contribution in [3.05, 3.63) is 10.6 Å². The van der Waals surface area contributed by atoms with E-state index in [1.807, 2.05) is 0 Å². The van der Waals surface area contributed by atoms with Crippen LogP contribution in [0.3, 0.4) is 0 Å². The second kappa shape index (κ2) is 3.68.